The molecule has 0 radical (unpaired) electrons. The maximum atomic E-state index is 4.47. The molecule has 1 aromatic heterocycles. The molecule has 0 aliphatic heterocycles. The molecule has 0 saturated carbocycles. The van der Waals surface area contributed by atoms with Gasteiger partial charge >= 0.3 is 0 Å². The van der Waals surface area contributed by atoms with Crippen molar-refractivity contribution in [3.8, 4) is 11.1 Å². The van der Waals surface area contributed by atoms with Crippen LogP contribution in [0.5, 0.6) is 0 Å². The molecular formula is C16H13NO. The second-order valence-corrected chi connectivity index (χ2v) is 4.17. The van der Waals surface area contributed by atoms with Gasteiger partial charge in [-0.1, -0.05) is 48.5 Å². The largest absolute Gasteiger partial charge is 0.452 e. The number of nitrogens with zero attached hydrogens (tertiary/aromatic N) is 1. The molecule has 88 valence electrons. The highest BCUT2D eigenvalue weighted by Crippen LogP contribution is 2.35. The van der Waals surface area contributed by atoms with Crippen LogP contribution in [0.1, 0.15) is 11.1 Å². The molecule has 0 saturated heterocycles. The quantitative estimate of drug-likeness (QED) is 0.461. The second kappa shape index (κ2) is 4.88. The zero-order chi connectivity index (χ0) is 12.2. The first-order valence-corrected chi connectivity index (χ1v) is 5.93. The number of hydrogen-bond donors (Lipinski definition) is 0. The van der Waals surface area contributed by atoms with Gasteiger partial charge in [0.2, 0.25) is 0 Å². The van der Waals surface area contributed by atoms with Crippen LogP contribution in [0.15, 0.2) is 71.8 Å². The van der Waals surface area contributed by atoms with Crippen molar-refractivity contribution in [3.63, 3.8) is 0 Å². The van der Waals surface area contributed by atoms with Crippen molar-refractivity contribution in [1.82, 2.24) is 4.98 Å². The lowest BCUT2D eigenvalue weighted by Crippen LogP contribution is -1.77. The molecule has 3 aromatic rings. The Balaban J connectivity index is 0.000000169. The molecule has 0 N–H and O–H groups in total. The van der Waals surface area contributed by atoms with E-state index in [2.05, 4.69) is 57.9 Å². The van der Waals surface area contributed by atoms with E-state index in [4.69, 9.17) is 0 Å². The maximum Gasteiger partial charge on any atom is 0.180 e. The Labute approximate surface area is 106 Å². The molecule has 0 atom stereocenters. The molecule has 18 heavy (non-hydrogen) atoms. The lowest BCUT2D eigenvalue weighted by Gasteiger charge is -1.98. The Bertz CT molecular complexity index is 568. The molecule has 2 aromatic carbocycles. The van der Waals surface area contributed by atoms with Crippen LogP contribution in [0, 0.1) is 0 Å². The van der Waals surface area contributed by atoms with Gasteiger partial charge in [-0.25, -0.2) is 4.98 Å². The Morgan fingerprint density at radius 3 is 1.89 bits per heavy atom. The van der Waals surface area contributed by atoms with E-state index in [1.807, 2.05) is 0 Å². The van der Waals surface area contributed by atoms with Gasteiger partial charge in [0.1, 0.15) is 6.26 Å². The third kappa shape index (κ3) is 2.05. The standard InChI is InChI=1S/C13H10.C3H3NO/c1-3-7-12-10(5-1)9-11-6-2-4-8-13(11)12;1-2-5-3-4-1/h1-8H,9H2;1-3H. The molecule has 1 heterocycles. The summed E-state index contributed by atoms with van der Waals surface area (Å²) < 4.78 is 4.47. The highest BCUT2D eigenvalue weighted by Gasteiger charge is 2.15. The minimum atomic E-state index is 1.10. The Hall–Kier alpha value is -2.35. The Morgan fingerprint density at radius 1 is 0.833 bits per heavy atom. The molecule has 1 aliphatic carbocycles. The predicted molar refractivity (Wildman–Crippen MR) is 71.2 cm³/mol. The fourth-order valence-electron chi connectivity index (χ4n) is 2.26. The van der Waals surface area contributed by atoms with Crippen molar-refractivity contribution in [2.24, 2.45) is 0 Å². The van der Waals surface area contributed by atoms with Gasteiger partial charge in [-0.15, -0.1) is 0 Å². The van der Waals surface area contributed by atoms with Crippen LogP contribution in [-0.2, 0) is 6.42 Å². The van der Waals surface area contributed by atoms with Gasteiger partial charge in [0.05, 0.1) is 6.20 Å². The SMILES string of the molecule is c1ccc2c(c1)Cc1ccccc1-2.c1cocn1. The van der Waals surface area contributed by atoms with E-state index in [1.54, 1.807) is 6.20 Å². The average Bonchev–Trinajstić information content (AvgIpc) is 3.10. The zero-order valence-electron chi connectivity index (χ0n) is 9.91. The van der Waals surface area contributed by atoms with Crippen LogP contribution >= 0.6 is 0 Å². The first-order chi connectivity index (χ1) is 8.95. The normalized spacial score (nSPS) is 11.1. The predicted octanol–water partition coefficient (Wildman–Crippen LogP) is 3.93. The molecule has 4 rings (SSSR count). The van der Waals surface area contributed by atoms with E-state index in [0.717, 1.165) is 6.42 Å². The maximum absolute atomic E-state index is 4.47. The summed E-state index contributed by atoms with van der Waals surface area (Å²) >= 11 is 0. The van der Waals surface area contributed by atoms with Crippen LogP contribution < -0.4 is 0 Å². The van der Waals surface area contributed by atoms with Crippen molar-refractivity contribution in [3.05, 3.63) is 78.5 Å². The average molecular weight is 235 g/mol. The number of aromatic nitrogens is 1. The van der Waals surface area contributed by atoms with Crippen molar-refractivity contribution < 1.29 is 4.42 Å². The van der Waals surface area contributed by atoms with Gasteiger partial charge in [0.15, 0.2) is 6.39 Å². The number of oxazole rings is 1. The van der Waals surface area contributed by atoms with Crippen LogP contribution in [0.4, 0.5) is 0 Å². The summed E-state index contributed by atoms with van der Waals surface area (Å²) in [6.07, 6.45) is 5.58. The van der Waals surface area contributed by atoms with Crippen LogP contribution in [-0.4, -0.2) is 4.98 Å². The molecule has 1 aliphatic rings. The highest BCUT2D eigenvalue weighted by molar-refractivity contribution is 5.76. The molecule has 0 spiro atoms. The van der Waals surface area contributed by atoms with E-state index in [0.29, 0.717) is 0 Å². The number of benzene rings is 2. The molecule has 2 heteroatoms. The summed E-state index contributed by atoms with van der Waals surface area (Å²) in [5.74, 6) is 0. The van der Waals surface area contributed by atoms with Gasteiger partial charge in [0, 0.05) is 0 Å². The van der Waals surface area contributed by atoms with Crippen molar-refractivity contribution in [2.45, 2.75) is 6.42 Å². The van der Waals surface area contributed by atoms with E-state index >= 15 is 0 Å². The topological polar surface area (TPSA) is 26.0 Å². The fourth-order valence-corrected chi connectivity index (χ4v) is 2.26. The molecular weight excluding hydrogens is 222 g/mol. The Kier molecular flexibility index (Phi) is 2.92. The molecule has 0 fully saturated rings. The van der Waals surface area contributed by atoms with Gasteiger partial charge in [0.25, 0.3) is 0 Å². The summed E-state index contributed by atoms with van der Waals surface area (Å²) in [6.45, 7) is 0. The lowest BCUT2D eigenvalue weighted by molar-refractivity contribution is 0.558. The highest BCUT2D eigenvalue weighted by atomic mass is 16.3. The van der Waals surface area contributed by atoms with E-state index in [9.17, 15) is 0 Å². The number of fused-ring (bicyclic) bond motifs is 3. The summed E-state index contributed by atoms with van der Waals surface area (Å²) in [6, 6.07) is 17.3. The van der Waals surface area contributed by atoms with Gasteiger partial charge in [-0.2, -0.15) is 0 Å². The van der Waals surface area contributed by atoms with Crippen LogP contribution in [0.25, 0.3) is 11.1 Å². The first kappa shape index (κ1) is 10.8. The van der Waals surface area contributed by atoms with Crippen LogP contribution in [0.2, 0.25) is 0 Å². The summed E-state index contributed by atoms with van der Waals surface area (Å²) in [7, 11) is 0. The smallest absolute Gasteiger partial charge is 0.180 e. The minimum absolute atomic E-state index is 1.10. The van der Waals surface area contributed by atoms with Crippen LogP contribution in [0.3, 0.4) is 0 Å². The zero-order valence-corrected chi connectivity index (χ0v) is 9.91. The van der Waals surface area contributed by atoms with Gasteiger partial charge in [-0.05, 0) is 28.7 Å². The minimum Gasteiger partial charge on any atom is -0.452 e. The van der Waals surface area contributed by atoms with E-state index in [1.165, 1.54) is 34.9 Å². The fraction of sp³-hybridized carbons (Fsp3) is 0.0625. The summed E-state index contributed by atoms with van der Waals surface area (Å²) in [4.78, 5) is 3.56. The number of rotatable bonds is 0. The Morgan fingerprint density at radius 2 is 1.44 bits per heavy atom. The van der Waals surface area contributed by atoms with Crippen molar-refractivity contribution in [2.75, 3.05) is 0 Å². The van der Waals surface area contributed by atoms with Gasteiger partial charge < -0.3 is 4.42 Å². The van der Waals surface area contributed by atoms with E-state index in [-0.39, 0.29) is 0 Å². The molecule has 0 amide bonds. The molecule has 0 bridgehead atoms. The van der Waals surface area contributed by atoms with Crippen molar-refractivity contribution in [1.29, 1.82) is 0 Å². The molecule has 2 nitrogen and oxygen atoms in total. The third-order valence-electron chi connectivity index (χ3n) is 3.05. The number of hydrogen-bond acceptors (Lipinski definition) is 2. The second-order valence-electron chi connectivity index (χ2n) is 4.17. The van der Waals surface area contributed by atoms with Crippen molar-refractivity contribution >= 4 is 0 Å². The first-order valence-electron chi connectivity index (χ1n) is 5.93. The third-order valence-corrected chi connectivity index (χ3v) is 3.05. The lowest BCUT2D eigenvalue weighted by atomic mass is 10.1. The van der Waals surface area contributed by atoms with E-state index < -0.39 is 0 Å². The van der Waals surface area contributed by atoms with Gasteiger partial charge in [-0.3, -0.25) is 0 Å². The summed E-state index contributed by atoms with van der Waals surface area (Å²) in [5, 5.41) is 0. The summed E-state index contributed by atoms with van der Waals surface area (Å²) in [5.41, 5.74) is 5.75. The molecule has 0 unspecified atom stereocenters. The monoisotopic (exact) mass is 235 g/mol.